The number of nitrogens with zero attached hydrogens (tertiary/aromatic N) is 3. The monoisotopic (exact) mass is 416 g/mol. The van der Waals surface area contributed by atoms with Gasteiger partial charge in [0.2, 0.25) is 17.6 Å². The molecule has 1 saturated heterocycles. The number of benzene rings is 1. The molecule has 0 saturated carbocycles. The van der Waals surface area contributed by atoms with Crippen molar-refractivity contribution in [2.75, 3.05) is 38.1 Å². The van der Waals surface area contributed by atoms with Crippen molar-refractivity contribution in [2.24, 2.45) is 5.92 Å². The second kappa shape index (κ2) is 9.51. The first-order valence-corrected chi connectivity index (χ1v) is 9.95. The van der Waals surface area contributed by atoms with Crippen molar-refractivity contribution >= 4 is 23.3 Å². The smallest absolute Gasteiger partial charge is 0.230 e. The van der Waals surface area contributed by atoms with Crippen LogP contribution in [0.5, 0.6) is 17.2 Å². The Morgan fingerprint density at radius 3 is 2.50 bits per heavy atom. The van der Waals surface area contributed by atoms with Crippen molar-refractivity contribution in [1.29, 1.82) is 0 Å². The van der Waals surface area contributed by atoms with Crippen LogP contribution >= 0.6 is 0 Å². The molecule has 1 fully saturated rings. The summed E-state index contributed by atoms with van der Waals surface area (Å²) >= 11 is 0. The van der Waals surface area contributed by atoms with Gasteiger partial charge in [-0.2, -0.15) is 5.10 Å². The number of anilines is 2. The van der Waals surface area contributed by atoms with Crippen LogP contribution < -0.4 is 24.4 Å². The summed E-state index contributed by atoms with van der Waals surface area (Å²) in [6.07, 6.45) is 3.80. The number of methoxy groups -OCH3 is 3. The third-order valence-corrected chi connectivity index (χ3v) is 5.15. The first kappa shape index (κ1) is 21.5. The van der Waals surface area contributed by atoms with Crippen LogP contribution in [0.3, 0.4) is 0 Å². The minimum absolute atomic E-state index is 0.131. The Bertz CT molecular complexity index is 886. The molecular formula is C21H28N4O5. The Hall–Kier alpha value is -3.23. The maximum atomic E-state index is 12.8. The van der Waals surface area contributed by atoms with E-state index in [-0.39, 0.29) is 24.8 Å². The van der Waals surface area contributed by atoms with Crippen molar-refractivity contribution in [1.82, 2.24) is 9.78 Å². The standard InChI is InChI=1S/C21H28N4O5/c1-5-6-9-25-18(7-8-22-25)23-21(27)14-10-19(26)24(13-14)15-11-16(28-2)20(30-4)17(12-15)29-3/h7-8,11-12,14H,5-6,9-10,13H2,1-4H3,(H,23,27). The Labute approximate surface area is 175 Å². The lowest BCUT2D eigenvalue weighted by molar-refractivity contribution is -0.122. The van der Waals surface area contributed by atoms with Gasteiger partial charge in [-0.15, -0.1) is 0 Å². The van der Waals surface area contributed by atoms with E-state index in [0.717, 1.165) is 19.4 Å². The van der Waals surface area contributed by atoms with Gasteiger partial charge in [-0.3, -0.25) is 9.59 Å². The normalized spacial score (nSPS) is 15.9. The van der Waals surface area contributed by atoms with Gasteiger partial charge in [-0.1, -0.05) is 13.3 Å². The Morgan fingerprint density at radius 2 is 1.90 bits per heavy atom. The number of hydrogen-bond donors (Lipinski definition) is 1. The predicted molar refractivity (Wildman–Crippen MR) is 112 cm³/mol. The lowest BCUT2D eigenvalue weighted by atomic mass is 10.1. The van der Waals surface area contributed by atoms with Crippen LogP contribution in [-0.4, -0.2) is 49.5 Å². The van der Waals surface area contributed by atoms with Gasteiger partial charge in [0.1, 0.15) is 5.82 Å². The molecule has 2 amide bonds. The summed E-state index contributed by atoms with van der Waals surface area (Å²) in [5, 5.41) is 7.16. The number of amides is 2. The number of nitrogens with one attached hydrogen (secondary N) is 1. The molecule has 1 aliphatic rings. The van der Waals surface area contributed by atoms with Crippen molar-refractivity contribution in [3.8, 4) is 17.2 Å². The quantitative estimate of drug-likeness (QED) is 0.675. The molecule has 9 heteroatoms. The molecule has 3 rings (SSSR count). The van der Waals surface area contributed by atoms with E-state index >= 15 is 0 Å². The number of aryl methyl sites for hydroxylation is 1. The Kier molecular flexibility index (Phi) is 6.81. The fourth-order valence-corrected chi connectivity index (χ4v) is 3.51. The summed E-state index contributed by atoms with van der Waals surface area (Å²) in [4.78, 5) is 27.0. The summed E-state index contributed by atoms with van der Waals surface area (Å²) in [7, 11) is 4.56. The summed E-state index contributed by atoms with van der Waals surface area (Å²) in [5.41, 5.74) is 0.595. The van der Waals surface area contributed by atoms with Crippen molar-refractivity contribution < 1.29 is 23.8 Å². The van der Waals surface area contributed by atoms with Crippen LogP contribution in [-0.2, 0) is 16.1 Å². The number of ether oxygens (including phenoxy) is 3. The second-order valence-electron chi connectivity index (χ2n) is 7.07. The molecule has 2 aromatic rings. The van der Waals surface area contributed by atoms with Crippen molar-refractivity contribution in [3.63, 3.8) is 0 Å². The van der Waals surface area contributed by atoms with Crippen LogP contribution in [0, 0.1) is 5.92 Å². The molecule has 2 heterocycles. The zero-order chi connectivity index (χ0) is 21.7. The summed E-state index contributed by atoms with van der Waals surface area (Å²) in [5.74, 6) is 1.20. The fourth-order valence-electron chi connectivity index (χ4n) is 3.51. The Morgan fingerprint density at radius 1 is 1.20 bits per heavy atom. The van der Waals surface area contributed by atoms with Gasteiger partial charge in [-0.25, -0.2) is 4.68 Å². The maximum Gasteiger partial charge on any atom is 0.230 e. The zero-order valence-electron chi connectivity index (χ0n) is 17.8. The average molecular weight is 416 g/mol. The molecule has 1 aromatic carbocycles. The van der Waals surface area contributed by atoms with E-state index in [1.165, 1.54) is 21.3 Å². The molecule has 1 unspecified atom stereocenters. The van der Waals surface area contributed by atoms with Crippen molar-refractivity contribution in [3.05, 3.63) is 24.4 Å². The lowest BCUT2D eigenvalue weighted by Gasteiger charge is -2.20. The van der Waals surface area contributed by atoms with Crippen LogP contribution in [0.25, 0.3) is 0 Å². The fraction of sp³-hybridized carbons (Fsp3) is 0.476. The van der Waals surface area contributed by atoms with E-state index in [2.05, 4.69) is 17.3 Å². The van der Waals surface area contributed by atoms with E-state index in [1.54, 1.807) is 34.0 Å². The van der Waals surface area contributed by atoms with E-state index < -0.39 is 5.92 Å². The topological polar surface area (TPSA) is 94.9 Å². The Balaban J connectivity index is 1.75. The molecule has 0 bridgehead atoms. The number of unbranched alkanes of at least 4 members (excludes halogenated alkanes) is 1. The lowest BCUT2D eigenvalue weighted by Crippen LogP contribution is -2.28. The van der Waals surface area contributed by atoms with E-state index in [1.807, 2.05) is 0 Å². The van der Waals surface area contributed by atoms with Gasteiger partial charge < -0.3 is 24.4 Å². The first-order chi connectivity index (χ1) is 14.5. The third-order valence-electron chi connectivity index (χ3n) is 5.15. The molecule has 9 nitrogen and oxygen atoms in total. The molecule has 0 spiro atoms. The minimum Gasteiger partial charge on any atom is -0.493 e. The van der Waals surface area contributed by atoms with E-state index in [9.17, 15) is 9.59 Å². The van der Waals surface area contributed by atoms with Gasteiger partial charge in [-0.05, 0) is 6.42 Å². The molecule has 0 radical (unpaired) electrons. The number of hydrogen-bond acceptors (Lipinski definition) is 6. The first-order valence-electron chi connectivity index (χ1n) is 9.95. The number of rotatable bonds is 9. The molecule has 30 heavy (non-hydrogen) atoms. The van der Waals surface area contributed by atoms with Crippen LogP contribution in [0.2, 0.25) is 0 Å². The van der Waals surface area contributed by atoms with Crippen LogP contribution in [0.4, 0.5) is 11.5 Å². The number of carbonyl (C=O) groups excluding carboxylic acids is 2. The SMILES string of the molecule is CCCCn1nccc1NC(=O)C1CC(=O)N(c2cc(OC)c(OC)c(OC)c2)C1. The average Bonchev–Trinajstić information content (AvgIpc) is 3.37. The molecule has 0 aliphatic carbocycles. The van der Waals surface area contributed by atoms with Gasteiger partial charge in [0.25, 0.3) is 0 Å². The highest BCUT2D eigenvalue weighted by Crippen LogP contribution is 2.42. The highest BCUT2D eigenvalue weighted by atomic mass is 16.5. The summed E-state index contributed by atoms with van der Waals surface area (Å²) < 4.78 is 17.9. The zero-order valence-corrected chi connectivity index (χ0v) is 17.8. The summed E-state index contributed by atoms with van der Waals surface area (Å²) in [6, 6.07) is 5.18. The predicted octanol–water partition coefficient (Wildman–Crippen LogP) is 2.70. The summed E-state index contributed by atoms with van der Waals surface area (Å²) in [6.45, 7) is 3.11. The maximum absolute atomic E-state index is 12.8. The molecule has 1 aliphatic heterocycles. The van der Waals surface area contributed by atoms with E-state index in [0.29, 0.717) is 28.8 Å². The van der Waals surface area contributed by atoms with Crippen LogP contribution in [0.1, 0.15) is 26.2 Å². The second-order valence-corrected chi connectivity index (χ2v) is 7.07. The van der Waals surface area contributed by atoms with E-state index in [4.69, 9.17) is 14.2 Å². The molecule has 1 N–H and O–H groups in total. The van der Waals surface area contributed by atoms with Gasteiger partial charge in [0.15, 0.2) is 11.5 Å². The molecule has 1 aromatic heterocycles. The number of aromatic nitrogens is 2. The third kappa shape index (κ3) is 4.34. The molecular weight excluding hydrogens is 388 g/mol. The molecule has 162 valence electrons. The highest BCUT2D eigenvalue weighted by molar-refractivity contribution is 6.03. The van der Waals surface area contributed by atoms with Gasteiger partial charge in [0.05, 0.1) is 39.1 Å². The molecule has 1 atom stereocenters. The van der Waals surface area contributed by atoms with Gasteiger partial charge >= 0.3 is 0 Å². The largest absolute Gasteiger partial charge is 0.493 e. The van der Waals surface area contributed by atoms with Crippen LogP contribution in [0.15, 0.2) is 24.4 Å². The number of carbonyl (C=O) groups is 2. The van der Waals surface area contributed by atoms with Gasteiger partial charge in [0, 0.05) is 37.7 Å². The minimum atomic E-state index is -0.467. The van der Waals surface area contributed by atoms with Crippen molar-refractivity contribution in [2.45, 2.75) is 32.7 Å². The highest BCUT2D eigenvalue weighted by Gasteiger charge is 2.36.